The molecule has 1 atom stereocenters. The Kier molecular flexibility index (Phi) is 3.93. The highest BCUT2D eigenvalue weighted by molar-refractivity contribution is 5.93. The number of aromatic amines is 1. The van der Waals surface area contributed by atoms with Crippen LogP contribution in [0, 0.1) is 0 Å². The first-order valence-corrected chi connectivity index (χ1v) is 5.96. The summed E-state index contributed by atoms with van der Waals surface area (Å²) in [5.41, 5.74) is -0.0767. The Hall–Kier alpha value is -1.62. The zero-order valence-corrected chi connectivity index (χ0v) is 9.66. The minimum absolute atomic E-state index is 0.173. The topological polar surface area (TPSA) is 74.0 Å². The van der Waals surface area contributed by atoms with Crippen molar-refractivity contribution in [3.63, 3.8) is 0 Å². The van der Waals surface area contributed by atoms with Gasteiger partial charge in [-0.15, -0.1) is 0 Å². The third kappa shape index (κ3) is 3.17. The van der Waals surface area contributed by atoms with E-state index in [4.69, 9.17) is 0 Å². The van der Waals surface area contributed by atoms with Gasteiger partial charge in [0.05, 0.1) is 0 Å². The number of hydrogen-bond acceptors (Lipinski definition) is 3. The second kappa shape index (κ2) is 5.63. The molecule has 0 radical (unpaired) electrons. The summed E-state index contributed by atoms with van der Waals surface area (Å²) in [6.45, 7) is 1.67. The minimum atomic E-state index is -0.301. The molecule has 1 aliphatic rings. The standard InChI is InChI=1S/C12H17N3O2/c16-11-4-6-13-8-10(11)12(17)15-7-3-9-2-1-5-14-9/h4,6,8-9,14H,1-3,5,7H2,(H,13,16)(H,15,17). The SMILES string of the molecule is O=C(NCCC1CCCN1)c1c[nH]ccc1=O. The molecule has 0 saturated carbocycles. The van der Waals surface area contributed by atoms with Crippen molar-refractivity contribution < 1.29 is 4.79 Å². The van der Waals surface area contributed by atoms with Crippen LogP contribution in [-0.4, -0.2) is 30.0 Å². The molecule has 3 N–H and O–H groups in total. The fourth-order valence-corrected chi connectivity index (χ4v) is 2.05. The lowest BCUT2D eigenvalue weighted by molar-refractivity contribution is 0.0951. The van der Waals surface area contributed by atoms with Crippen molar-refractivity contribution >= 4 is 5.91 Å². The first kappa shape index (κ1) is 11.9. The largest absolute Gasteiger partial charge is 0.367 e. The third-order valence-electron chi connectivity index (χ3n) is 3.01. The number of carbonyl (C=O) groups excluding carboxylic acids is 1. The lowest BCUT2D eigenvalue weighted by atomic mass is 10.1. The van der Waals surface area contributed by atoms with Crippen LogP contribution in [0.3, 0.4) is 0 Å². The summed E-state index contributed by atoms with van der Waals surface area (Å²) in [6, 6.07) is 1.86. The quantitative estimate of drug-likeness (QED) is 0.700. The van der Waals surface area contributed by atoms with Crippen LogP contribution >= 0.6 is 0 Å². The molecule has 17 heavy (non-hydrogen) atoms. The van der Waals surface area contributed by atoms with Gasteiger partial charge in [0.2, 0.25) is 0 Å². The average Bonchev–Trinajstić information content (AvgIpc) is 2.82. The Bertz CT molecular complexity index is 435. The molecule has 0 aromatic carbocycles. The van der Waals surface area contributed by atoms with Gasteiger partial charge in [-0.2, -0.15) is 0 Å². The first-order chi connectivity index (χ1) is 8.27. The summed E-state index contributed by atoms with van der Waals surface area (Å²) < 4.78 is 0. The van der Waals surface area contributed by atoms with Crippen LogP contribution in [0.4, 0.5) is 0 Å². The zero-order chi connectivity index (χ0) is 12.1. The van der Waals surface area contributed by atoms with E-state index in [0.29, 0.717) is 12.6 Å². The fraction of sp³-hybridized carbons (Fsp3) is 0.500. The van der Waals surface area contributed by atoms with Crippen LogP contribution in [0.2, 0.25) is 0 Å². The maximum absolute atomic E-state index is 11.7. The third-order valence-corrected chi connectivity index (χ3v) is 3.01. The zero-order valence-electron chi connectivity index (χ0n) is 9.66. The summed E-state index contributed by atoms with van der Waals surface area (Å²) in [5.74, 6) is -0.301. The molecule has 92 valence electrons. The van der Waals surface area contributed by atoms with Gasteiger partial charge < -0.3 is 15.6 Å². The van der Waals surface area contributed by atoms with E-state index in [1.807, 2.05) is 0 Å². The Labute approximate surface area is 99.6 Å². The molecule has 1 aromatic rings. The Morgan fingerprint density at radius 2 is 2.41 bits per heavy atom. The second-order valence-corrected chi connectivity index (χ2v) is 4.26. The van der Waals surface area contributed by atoms with Crippen molar-refractivity contribution in [1.29, 1.82) is 0 Å². The van der Waals surface area contributed by atoms with Gasteiger partial charge in [0.25, 0.3) is 5.91 Å². The highest BCUT2D eigenvalue weighted by Crippen LogP contribution is 2.07. The van der Waals surface area contributed by atoms with E-state index in [0.717, 1.165) is 13.0 Å². The number of H-pyrrole nitrogens is 1. The van der Waals surface area contributed by atoms with Crippen LogP contribution < -0.4 is 16.1 Å². The molecule has 1 aliphatic heterocycles. The van der Waals surface area contributed by atoms with Gasteiger partial charge in [-0.05, 0) is 25.8 Å². The van der Waals surface area contributed by atoms with Gasteiger partial charge in [0.15, 0.2) is 5.43 Å². The van der Waals surface area contributed by atoms with Gasteiger partial charge in [-0.25, -0.2) is 0 Å². The Morgan fingerprint density at radius 1 is 1.53 bits per heavy atom. The van der Waals surface area contributed by atoms with Crippen LogP contribution in [0.5, 0.6) is 0 Å². The van der Waals surface area contributed by atoms with Gasteiger partial charge in [-0.1, -0.05) is 0 Å². The van der Waals surface area contributed by atoms with Crippen LogP contribution in [0.15, 0.2) is 23.3 Å². The summed E-state index contributed by atoms with van der Waals surface area (Å²) in [5, 5.41) is 6.13. The molecule has 1 amide bonds. The molecular weight excluding hydrogens is 218 g/mol. The van der Waals surface area contributed by atoms with Gasteiger partial charge in [0.1, 0.15) is 5.56 Å². The summed E-state index contributed by atoms with van der Waals surface area (Å²) in [7, 11) is 0. The molecule has 5 heteroatoms. The Morgan fingerprint density at radius 3 is 3.12 bits per heavy atom. The molecule has 0 spiro atoms. The van der Waals surface area contributed by atoms with E-state index in [-0.39, 0.29) is 16.9 Å². The molecule has 2 heterocycles. The summed E-state index contributed by atoms with van der Waals surface area (Å²) in [6.07, 6.45) is 6.24. The van der Waals surface area contributed by atoms with Gasteiger partial charge in [0, 0.05) is 31.0 Å². The summed E-state index contributed by atoms with van der Waals surface area (Å²) >= 11 is 0. The van der Waals surface area contributed by atoms with Crippen LogP contribution in [0.25, 0.3) is 0 Å². The van der Waals surface area contributed by atoms with Gasteiger partial charge in [-0.3, -0.25) is 9.59 Å². The van der Waals surface area contributed by atoms with Gasteiger partial charge >= 0.3 is 0 Å². The molecule has 1 unspecified atom stereocenters. The lowest BCUT2D eigenvalue weighted by Crippen LogP contribution is -2.32. The molecule has 2 rings (SSSR count). The molecule has 0 aliphatic carbocycles. The van der Waals surface area contributed by atoms with Crippen molar-refractivity contribution in [2.45, 2.75) is 25.3 Å². The van der Waals surface area contributed by atoms with E-state index in [1.165, 1.54) is 31.3 Å². The van der Waals surface area contributed by atoms with E-state index in [9.17, 15) is 9.59 Å². The lowest BCUT2D eigenvalue weighted by Gasteiger charge is -2.10. The molecule has 5 nitrogen and oxygen atoms in total. The number of nitrogens with one attached hydrogen (secondary N) is 3. The second-order valence-electron chi connectivity index (χ2n) is 4.26. The number of carbonyl (C=O) groups is 1. The van der Waals surface area contributed by atoms with Crippen molar-refractivity contribution in [2.75, 3.05) is 13.1 Å². The first-order valence-electron chi connectivity index (χ1n) is 5.96. The highest BCUT2D eigenvalue weighted by Gasteiger charge is 2.14. The van der Waals surface area contributed by atoms with Crippen LogP contribution in [0.1, 0.15) is 29.6 Å². The molecular formula is C12H17N3O2. The highest BCUT2D eigenvalue weighted by atomic mass is 16.2. The Balaban J connectivity index is 1.81. The molecule has 1 saturated heterocycles. The fourth-order valence-electron chi connectivity index (χ4n) is 2.05. The molecule has 1 aromatic heterocycles. The summed E-state index contributed by atoms with van der Waals surface area (Å²) in [4.78, 5) is 25.8. The van der Waals surface area contributed by atoms with E-state index >= 15 is 0 Å². The monoisotopic (exact) mass is 235 g/mol. The maximum Gasteiger partial charge on any atom is 0.256 e. The normalized spacial score (nSPS) is 19.2. The minimum Gasteiger partial charge on any atom is -0.367 e. The van der Waals surface area contributed by atoms with Crippen molar-refractivity contribution in [3.05, 3.63) is 34.2 Å². The molecule has 1 fully saturated rings. The maximum atomic E-state index is 11.7. The van der Waals surface area contributed by atoms with Crippen molar-refractivity contribution in [1.82, 2.24) is 15.6 Å². The van der Waals surface area contributed by atoms with E-state index in [2.05, 4.69) is 15.6 Å². The predicted octanol–water partition coefficient (Wildman–Crippen LogP) is 0.247. The number of hydrogen-bond donors (Lipinski definition) is 3. The van der Waals surface area contributed by atoms with Crippen molar-refractivity contribution in [3.8, 4) is 0 Å². The van der Waals surface area contributed by atoms with E-state index in [1.54, 1.807) is 0 Å². The van der Waals surface area contributed by atoms with Crippen LogP contribution in [-0.2, 0) is 0 Å². The smallest absolute Gasteiger partial charge is 0.256 e. The number of pyridine rings is 1. The molecule has 0 bridgehead atoms. The number of aromatic nitrogens is 1. The van der Waals surface area contributed by atoms with Crippen molar-refractivity contribution in [2.24, 2.45) is 0 Å². The van der Waals surface area contributed by atoms with E-state index < -0.39 is 0 Å². The predicted molar refractivity (Wildman–Crippen MR) is 65.0 cm³/mol. The average molecular weight is 235 g/mol. The number of amides is 1. The number of rotatable bonds is 4.